The molecule has 1 amide bonds. The van der Waals surface area contributed by atoms with E-state index in [2.05, 4.69) is 20.2 Å². The van der Waals surface area contributed by atoms with Crippen molar-refractivity contribution in [1.82, 2.24) is 15.3 Å². The monoisotopic (exact) mass is 408 g/mol. The van der Waals surface area contributed by atoms with Gasteiger partial charge in [0.15, 0.2) is 0 Å². The predicted octanol–water partition coefficient (Wildman–Crippen LogP) is 3.81. The molecule has 4 rings (SSSR count). The van der Waals surface area contributed by atoms with Crippen LogP contribution in [-0.4, -0.2) is 42.1 Å². The molecule has 0 atom stereocenters. The molecule has 1 aliphatic rings. The average Bonchev–Trinajstić information content (AvgIpc) is 3.36. The van der Waals surface area contributed by atoms with E-state index >= 15 is 0 Å². The molecule has 158 valence electrons. The number of fused-ring (bicyclic) bond motifs is 1. The van der Waals surface area contributed by atoms with Gasteiger partial charge in [0.25, 0.3) is 5.91 Å². The van der Waals surface area contributed by atoms with Crippen LogP contribution in [-0.2, 0) is 6.42 Å². The maximum Gasteiger partial charge on any atom is 0.255 e. The fourth-order valence-corrected chi connectivity index (χ4v) is 3.96. The minimum absolute atomic E-state index is 0.148. The van der Waals surface area contributed by atoms with Crippen molar-refractivity contribution in [3.63, 3.8) is 0 Å². The van der Waals surface area contributed by atoms with Crippen LogP contribution in [0.3, 0.4) is 0 Å². The molecule has 1 N–H and O–H groups in total. The number of carbonyl (C=O) groups excluding carboxylic acids is 1. The van der Waals surface area contributed by atoms with Gasteiger partial charge >= 0.3 is 0 Å². The number of rotatable bonds is 7. The molecule has 3 heterocycles. The quantitative estimate of drug-likeness (QED) is 0.640. The highest BCUT2D eigenvalue weighted by Gasteiger charge is 2.26. The molecule has 0 spiro atoms. The van der Waals surface area contributed by atoms with E-state index in [1.54, 1.807) is 0 Å². The zero-order valence-electron chi connectivity index (χ0n) is 17.8. The zero-order chi connectivity index (χ0) is 21.1. The van der Waals surface area contributed by atoms with Crippen LogP contribution in [0, 0.1) is 13.8 Å². The number of anilines is 1. The Morgan fingerprint density at radius 3 is 2.60 bits per heavy atom. The summed E-state index contributed by atoms with van der Waals surface area (Å²) < 4.78 is 11.3. The number of aromatic nitrogens is 2. The smallest absolute Gasteiger partial charge is 0.255 e. The number of benzene rings is 1. The molecule has 0 unspecified atom stereocenters. The van der Waals surface area contributed by atoms with E-state index in [1.807, 2.05) is 45.0 Å². The van der Waals surface area contributed by atoms with Gasteiger partial charge in [-0.3, -0.25) is 4.79 Å². The van der Waals surface area contributed by atoms with Gasteiger partial charge in [0.05, 0.1) is 17.6 Å². The average molecular weight is 409 g/mol. The molecule has 1 aliphatic heterocycles. The number of hydrogen-bond acceptors (Lipinski definition) is 6. The standard InChI is InChI=1S/C23H28N4O3/c1-4-29-18-9-7-17(8-10-18)11-12-24-22(28)19-15(2)30-23-20(19)21(25-16(3)26-23)27-13-5-6-14-27/h7-10H,4-6,11-14H2,1-3H3,(H,24,28). The second-order valence-electron chi connectivity index (χ2n) is 7.58. The molecule has 30 heavy (non-hydrogen) atoms. The van der Waals surface area contributed by atoms with Crippen molar-refractivity contribution in [1.29, 1.82) is 0 Å². The lowest BCUT2D eigenvalue weighted by atomic mass is 10.1. The van der Waals surface area contributed by atoms with Crippen molar-refractivity contribution in [2.24, 2.45) is 0 Å². The lowest BCUT2D eigenvalue weighted by Gasteiger charge is -2.18. The molecule has 0 radical (unpaired) electrons. The molecule has 1 fully saturated rings. The first-order chi connectivity index (χ1) is 14.6. The summed E-state index contributed by atoms with van der Waals surface area (Å²) in [7, 11) is 0. The first-order valence-electron chi connectivity index (χ1n) is 10.6. The van der Waals surface area contributed by atoms with Gasteiger partial charge in [-0.05, 0) is 57.7 Å². The van der Waals surface area contributed by atoms with Crippen LogP contribution in [0.5, 0.6) is 5.75 Å². The first-order valence-corrected chi connectivity index (χ1v) is 10.6. The van der Waals surface area contributed by atoms with Gasteiger partial charge in [0.2, 0.25) is 5.71 Å². The number of carbonyl (C=O) groups is 1. The second-order valence-corrected chi connectivity index (χ2v) is 7.58. The number of furan rings is 1. The molecule has 0 bridgehead atoms. The summed E-state index contributed by atoms with van der Waals surface area (Å²) in [5, 5.41) is 3.76. The summed E-state index contributed by atoms with van der Waals surface area (Å²) in [5.74, 6) is 2.74. The summed E-state index contributed by atoms with van der Waals surface area (Å²) >= 11 is 0. The third-order valence-electron chi connectivity index (χ3n) is 5.39. The Bertz CT molecular complexity index is 1040. The molecule has 7 heteroatoms. The normalized spacial score (nSPS) is 13.8. The summed E-state index contributed by atoms with van der Waals surface area (Å²) in [6.45, 7) is 8.69. The molecule has 0 aliphatic carbocycles. The Morgan fingerprint density at radius 2 is 1.90 bits per heavy atom. The highest BCUT2D eigenvalue weighted by Crippen LogP contribution is 2.33. The van der Waals surface area contributed by atoms with E-state index in [0.717, 1.165) is 54.9 Å². The Balaban J connectivity index is 1.52. The highest BCUT2D eigenvalue weighted by molar-refractivity contribution is 6.10. The summed E-state index contributed by atoms with van der Waals surface area (Å²) in [5.41, 5.74) is 2.17. The van der Waals surface area contributed by atoms with Crippen molar-refractivity contribution in [2.75, 3.05) is 31.1 Å². The number of amides is 1. The summed E-state index contributed by atoms with van der Waals surface area (Å²) in [4.78, 5) is 24.4. The van der Waals surface area contributed by atoms with Crippen molar-refractivity contribution in [3.05, 3.63) is 47.0 Å². The number of aryl methyl sites for hydroxylation is 2. The molecular formula is C23H28N4O3. The van der Waals surface area contributed by atoms with Crippen LogP contribution in [0.2, 0.25) is 0 Å². The minimum Gasteiger partial charge on any atom is -0.494 e. The topological polar surface area (TPSA) is 80.5 Å². The molecule has 7 nitrogen and oxygen atoms in total. The van der Waals surface area contributed by atoms with Gasteiger partial charge in [-0.1, -0.05) is 12.1 Å². The van der Waals surface area contributed by atoms with Gasteiger partial charge in [0, 0.05) is 19.6 Å². The third kappa shape index (κ3) is 4.10. The van der Waals surface area contributed by atoms with Gasteiger partial charge in [0.1, 0.15) is 23.2 Å². The van der Waals surface area contributed by atoms with E-state index < -0.39 is 0 Å². The zero-order valence-corrected chi connectivity index (χ0v) is 17.8. The number of nitrogens with one attached hydrogen (secondary N) is 1. The van der Waals surface area contributed by atoms with E-state index in [1.165, 1.54) is 0 Å². The Kier molecular flexibility index (Phi) is 5.88. The third-order valence-corrected chi connectivity index (χ3v) is 5.39. The Labute approximate surface area is 176 Å². The molecule has 2 aromatic heterocycles. The van der Waals surface area contributed by atoms with Crippen molar-refractivity contribution in [3.8, 4) is 5.75 Å². The molecule has 1 saturated heterocycles. The van der Waals surface area contributed by atoms with E-state index in [4.69, 9.17) is 9.15 Å². The van der Waals surface area contributed by atoms with Gasteiger partial charge < -0.3 is 19.4 Å². The predicted molar refractivity (Wildman–Crippen MR) is 116 cm³/mol. The van der Waals surface area contributed by atoms with Crippen LogP contribution >= 0.6 is 0 Å². The fourth-order valence-electron chi connectivity index (χ4n) is 3.96. The summed E-state index contributed by atoms with van der Waals surface area (Å²) in [6.07, 6.45) is 3.00. The van der Waals surface area contributed by atoms with Crippen LogP contribution < -0.4 is 15.0 Å². The van der Waals surface area contributed by atoms with E-state index in [9.17, 15) is 4.79 Å². The largest absolute Gasteiger partial charge is 0.494 e. The number of ether oxygens (including phenoxy) is 1. The highest BCUT2D eigenvalue weighted by atomic mass is 16.5. The second kappa shape index (κ2) is 8.73. The maximum absolute atomic E-state index is 13.1. The van der Waals surface area contributed by atoms with Crippen molar-refractivity contribution in [2.45, 2.75) is 40.0 Å². The first kappa shape index (κ1) is 20.2. The molecule has 1 aromatic carbocycles. The van der Waals surface area contributed by atoms with Crippen LogP contribution in [0.4, 0.5) is 5.82 Å². The lowest BCUT2D eigenvalue weighted by Crippen LogP contribution is -2.27. The van der Waals surface area contributed by atoms with Gasteiger partial charge in [-0.25, -0.2) is 4.98 Å². The van der Waals surface area contributed by atoms with Crippen molar-refractivity contribution >= 4 is 22.8 Å². The molecule has 3 aromatic rings. The fraction of sp³-hybridized carbons (Fsp3) is 0.435. The van der Waals surface area contributed by atoms with E-state index in [-0.39, 0.29) is 5.91 Å². The maximum atomic E-state index is 13.1. The van der Waals surface area contributed by atoms with Crippen molar-refractivity contribution < 1.29 is 13.9 Å². The van der Waals surface area contributed by atoms with E-state index in [0.29, 0.717) is 36.0 Å². The Morgan fingerprint density at radius 1 is 1.17 bits per heavy atom. The van der Waals surface area contributed by atoms with Gasteiger partial charge in [-0.15, -0.1) is 0 Å². The van der Waals surface area contributed by atoms with Gasteiger partial charge in [-0.2, -0.15) is 4.98 Å². The van der Waals surface area contributed by atoms with Crippen LogP contribution in [0.25, 0.3) is 11.1 Å². The SMILES string of the molecule is CCOc1ccc(CCNC(=O)c2c(C)oc3nc(C)nc(N4CCCC4)c23)cc1. The number of hydrogen-bond donors (Lipinski definition) is 1. The lowest BCUT2D eigenvalue weighted by molar-refractivity contribution is 0.0954. The Hall–Kier alpha value is -3.09. The summed E-state index contributed by atoms with van der Waals surface area (Å²) in [6, 6.07) is 7.96. The molecule has 0 saturated carbocycles. The molecular weight excluding hydrogens is 380 g/mol. The van der Waals surface area contributed by atoms with Crippen LogP contribution in [0.15, 0.2) is 28.7 Å². The minimum atomic E-state index is -0.148. The van der Waals surface area contributed by atoms with Crippen LogP contribution in [0.1, 0.15) is 47.3 Å². The number of nitrogens with zero attached hydrogens (tertiary/aromatic N) is 3.